The summed E-state index contributed by atoms with van der Waals surface area (Å²) >= 11 is 0. The first-order valence-electron chi connectivity index (χ1n) is 9.61. The van der Waals surface area contributed by atoms with Crippen LogP contribution in [-0.4, -0.2) is 63.6 Å². The van der Waals surface area contributed by atoms with Crippen LogP contribution in [0.3, 0.4) is 0 Å². The van der Waals surface area contributed by atoms with Crippen molar-refractivity contribution in [1.82, 2.24) is 14.9 Å². The summed E-state index contributed by atoms with van der Waals surface area (Å²) in [6, 6.07) is 6.28. The van der Waals surface area contributed by atoms with E-state index in [1.54, 1.807) is 18.2 Å². The molecule has 2 fully saturated rings. The molecule has 0 saturated carbocycles. The molecule has 2 saturated heterocycles. The lowest BCUT2D eigenvalue weighted by atomic mass is 10.1. The summed E-state index contributed by atoms with van der Waals surface area (Å²) in [5.41, 5.74) is 0.370. The van der Waals surface area contributed by atoms with Gasteiger partial charge in [-0.2, -0.15) is 4.31 Å². The van der Waals surface area contributed by atoms with Gasteiger partial charge in [0.1, 0.15) is 0 Å². The zero-order valence-electron chi connectivity index (χ0n) is 16.4. The Balaban J connectivity index is 0.00000280. The maximum Gasteiger partial charge on any atom is 0.251 e. The van der Waals surface area contributed by atoms with Gasteiger partial charge in [-0.25, -0.2) is 8.42 Å². The number of hydrogen-bond acceptors (Lipinski definition) is 5. The second-order valence-corrected chi connectivity index (χ2v) is 9.45. The van der Waals surface area contributed by atoms with Crippen molar-refractivity contribution in [3.05, 3.63) is 29.8 Å². The normalized spacial score (nSPS) is 25.9. The van der Waals surface area contributed by atoms with E-state index >= 15 is 0 Å². The van der Waals surface area contributed by atoms with Gasteiger partial charge in [-0.15, -0.1) is 12.4 Å². The third-order valence-electron chi connectivity index (χ3n) is 5.12. The summed E-state index contributed by atoms with van der Waals surface area (Å²) < 4.78 is 33.0. The standard InChI is InChI=1S/C19H29N3O4S.ClH/c1-14-12-22(13-15(2)26-14)27(24,25)18-5-3-4-17(10-18)19(23)21-9-7-16-6-8-20-11-16;/h3-5,10,14-16,20H,6-9,11-13H2,1-2H3,(H,21,23);1H. The number of ether oxygens (including phenoxy) is 1. The lowest BCUT2D eigenvalue weighted by Gasteiger charge is -2.34. The minimum absolute atomic E-state index is 0. The zero-order valence-corrected chi connectivity index (χ0v) is 18.0. The van der Waals surface area contributed by atoms with Crippen molar-refractivity contribution < 1.29 is 17.9 Å². The number of halogens is 1. The van der Waals surface area contributed by atoms with E-state index in [1.165, 1.54) is 10.4 Å². The Morgan fingerprint density at radius 2 is 2.00 bits per heavy atom. The highest BCUT2D eigenvalue weighted by Crippen LogP contribution is 2.22. The predicted molar refractivity (Wildman–Crippen MR) is 110 cm³/mol. The molecule has 0 aliphatic carbocycles. The fourth-order valence-electron chi connectivity index (χ4n) is 3.73. The molecule has 3 atom stereocenters. The number of morpholine rings is 1. The zero-order chi connectivity index (χ0) is 19.4. The summed E-state index contributed by atoms with van der Waals surface area (Å²) in [6.07, 6.45) is 1.76. The summed E-state index contributed by atoms with van der Waals surface area (Å²) in [7, 11) is -3.65. The highest BCUT2D eigenvalue weighted by molar-refractivity contribution is 7.89. The van der Waals surface area contributed by atoms with Crippen LogP contribution >= 0.6 is 12.4 Å². The number of hydrogen-bond donors (Lipinski definition) is 2. The van der Waals surface area contributed by atoms with E-state index in [0.717, 1.165) is 25.9 Å². The third kappa shape index (κ3) is 5.67. The van der Waals surface area contributed by atoms with Crippen LogP contribution in [0, 0.1) is 5.92 Å². The maximum atomic E-state index is 13.0. The van der Waals surface area contributed by atoms with E-state index in [0.29, 0.717) is 31.1 Å². The SMILES string of the molecule is CC1CN(S(=O)(=O)c2cccc(C(=O)NCCC3CCNC3)c2)CC(C)O1.Cl. The fraction of sp³-hybridized carbons (Fsp3) is 0.632. The van der Waals surface area contributed by atoms with Gasteiger partial charge in [0.2, 0.25) is 10.0 Å². The number of rotatable bonds is 6. The van der Waals surface area contributed by atoms with E-state index in [4.69, 9.17) is 4.74 Å². The molecule has 0 bridgehead atoms. The first-order valence-corrected chi connectivity index (χ1v) is 11.0. The minimum atomic E-state index is -3.65. The molecular weight excluding hydrogens is 402 g/mol. The largest absolute Gasteiger partial charge is 0.373 e. The Bertz CT molecular complexity index is 758. The van der Waals surface area contributed by atoms with Crippen molar-refractivity contribution >= 4 is 28.3 Å². The van der Waals surface area contributed by atoms with Crippen molar-refractivity contribution in [2.45, 2.75) is 43.8 Å². The van der Waals surface area contributed by atoms with Crippen LogP contribution in [0.2, 0.25) is 0 Å². The van der Waals surface area contributed by atoms with Gasteiger partial charge in [-0.05, 0) is 63.9 Å². The number of nitrogens with one attached hydrogen (secondary N) is 2. The molecule has 2 aliphatic rings. The number of carbonyl (C=O) groups excluding carboxylic acids is 1. The molecule has 3 unspecified atom stereocenters. The Kier molecular flexibility index (Phi) is 8.27. The number of nitrogens with zero attached hydrogens (tertiary/aromatic N) is 1. The van der Waals surface area contributed by atoms with Crippen molar-refractivity contribution in [3.63, 3.8) is 0 Å². The second kappa shape index (κ2) is 10.0. The quantitative estimate of drug-likeness (QED) is 0.714. The summed E-state index contributed by atoms with van der Waals surface area (Å²) in [5, 5.41) is 6.21. The van der Waals surface area contributed by atoms with Crippen molar-refractivity contribution in [3.8, 4) is 0 Å². The van der Waals surface area contributed by atoms with Crippen molar-refractivity contribution in [1.29, 1.82) is 0 Å². The van der Waals surface area contributed by atoms with Crippen LogP contribution in [0.4, 0.5) is 0 Å². The molecule has 7 nitrogen and oxygen atoms in total. The van der Waals surface area contributed by atoms with Crippen LogP contribution in [0.15, 0.2) is 29.2 Å². The first kappa shape index (κ1) is 23.1. The summed E-state index contributed by atoms with van der Waals surface area (Å²) in [5.74, 6) is 0.365. The van der Waals surface area contributed by atoms with Gasteiger partial charge in [0.05, 0.1) is 17.1 Å². The molecule has 0 spiro atoms. The van der Waals surface area contributed by atoms with Crippen LogP contribution in [0.5, 0.6) is 0 Å². The molecule has 0 aromatic heterocycles. The number of amides is 1. The van der Waals surface area contributed by atoms with Gasteiger partial charge in [0.25, 0.3) is 5.91 Å². The number of sulfonamides is 1. The van der Waals surface area contributed by atoms with Crippen LogP contribution in [-0.2, 0) is 14.8 Å². The molecule has 2 N–H and O–H groups in total. The highest BCUT2D eigenvalue weighted by atomic mass is 35.5. The molecule has 2 heterocycles. The van der Waals surface area contributed by atoms with E-state index in [2.05, 4.69) is 10.6 Å². The Hall–Kier alpha value is -1.19. The molecule has 158 valence electrons. The van der Waals surface area contributed by atoms with E-state index in [-0.39, 0.29) is 35.4 Å². The van der Waals surface area contributed by atoms with E-state index < -0.39 is 10.0 Å². The van der Waals surface area contributed by atoms with E-state index in [9.17, 15) is 13.2 Å². The van der Waals surface area contributed by atoms with Gasteiger partial charge in [-0.1, -0.05) is 6.07 Å². The Morgan fingerprint density at radius 3 is 2.64 bits per heavy atom. The average Bonchev–Trinajstić information content (AvgIpc) is 3.14. The topological polar surface area (TPSA) is 87.7 Å². The van der Waals surface area contributed by atoms with Crippen molar-refractivity contribution in [2.75, 3.05) is 32.7 Å². The predicted octanol–water partition coefficient (Wildman–Crippen LogP) is 1.64. The first-order chi connectivity index (χ1) is 12.9. The van der Waals surface area contributed by atoms with E-state index in [1.807, 2.05) is 13.8 Å². The van der Waals surface area contributed by atoms with Gasteiger partial charge in [-0.3, -0.25) is 4.79 Å². The van der Waals surface area contributed by atoms with Crippen molar-refractivity contribution in [2.24, 2.45) is 5.92 Å². The molecule has 1 aromatic rings. The van der Waals surface area contributed by atoms with Gasteiger partial charge < -0.3 is 15.4 Å². The summed E-state index contributed by atoms with van der Waals surface area (Å²) in [4.78, 5) is 12.6. The molecule has 2 aliphatic heterocycles. The maximum absolute atomic E-state index is 13.0. The smallest absolute Gasteiger partial charge is 0.251 e. The van der Waals surface area contributed by atoms with Gasteiger partial charge >= 0.3 is 0 Å². The monoisotopic (exact) mass is 431 g/mol. The molecule has 1 aromatic carbocycles. The fourth-order valence-corrected chi connectivity index (χ4v) is 5.36. The molecule has 28 heavy (non-hydrogen) atoms. The molecule has 9 heteroatoms. The molecule has 3 rings (SSSR count). The Labute approximate surface area is 173 Å². The third-order valence-corrected chi connectivity index (χ3v) is 6.95. The van der Waals surface area contributed by atoms with Gasteiger partial charge in [0, 0.05) is 25.2 Å². The number of benzene rings is 1. The Morgan fingerprint density at radius 1 is 1.29 bits per heavy atom. The molecule has 0 radical (unpaired) electrons. The summed E-state index contributed by atoms with van der Waals surface area (Å²) in [6.45, 7) is 7.00. The second-order valence-electron chi connectivity index (χ2n) is 7.51. The minimum Gasteiger partial charge on any atom is -0.373 e. The lowest BCUT2D eigenvalue weighted by Crippen LogP contribution is -2.48. The van der Waals surface area contributed by atoms with Crippen LogP contribution in [0.25, 0.3) is 0 Å². The molecular formula is C19H30ClN3O4S. The van der Waals surface area contributed by atoms with Crippen LogP contribution in [0.1, 0.15) is 37.0 Å². The lowest BCUT2D eigenvalue weighted by molar-refractivity contribution is -0.0440. The van der Waals surface area contributed by atoms with Gasteiger partial charge in [0.15, 0.2) is 0 Å². The average molecular weight is 432 g/mol. The highest BCUT2D eigenvalue weighted by Gasteiger charge is 2.32. The number of carbonyl (C=O) groups is 1. The van der Waals surface area contributed by atoms with Crippen LogP contribution < -0.4 is 10.6 Å². The molecule has 1 amide bonds.